The van der Waals surface area contributed by atoms with Crippen LogP contribution in [0.3, 0.4) is 0 Å². The summed E-state index contributed by atoms with van der Waals surface area (Å²) in [5.41, 5.74) is 13.8. The van der Waals surface area contributed by atoms with Crippen molar-refractivity contribution in [2.45, 2.75) is 62.0 Å². The minimum atomic E-state index is -0.826. The van der Waals surface area contributed by atoms with Gasteiger partial charge >= 0.3 is 37.9 Å². The van der Waals surface area contributed by atoms with Gasteiger partial charge in [-0.05, 0) is 104 Å². The fourth-order valence-corrected chi connectivity index (χ4v) is 10.9. The Morgan fingerprint density at radius 1 is 0.479 bits per heavy atom. The van der Waals surface area contributed by atoms with Gasteiger partial charge in [-0.1, -0.05) is 147 Å². The van der Waals surface area contributed by atoms with Crippen molar-refractivity contribution in [3.05, 3.63) is 165 Å². The average molecular weight is 747 g/mol. The molecule has 5 aromatic carbocycles. The Morgan fingerprint density at radius 3 is 1.19 bits per heavy atom. The molecule has 0 saturated heterocycles. The third-order valence-corrected chi connectivity index (χ3v) is 12.2. The first kappa shape index (κ1) is 35.5. The molecule has 242 valence electrons. The first-order valence-corrected chi connectivity index (χ1v) is 23.3. The Bertz CT molecular complexity index is 1740. The first-order chi connectivity index (χ1) is 22.6. The summed E-state index contributed by atoms with van der Waals surface area (Å²) >= 11 is -0.826. The molecule has 48 heavy (non-hydrogen) atoms. The maximum atomic E-state index is 4.93. The zero-order chi connectivity index (χ0) is 31.4. The summed E-state index contributed by atoms with van der Waals surface area (Å²) in [7, 11) is 9.87. The van der Waals surface area contributed by atoms with Crippen molar-refractivity contribution in [1.29, 1.82) is 0 Å². The van der Waals surface area contributed by atoms with Crippen molar-refractivity contribution in [3.8, 4) is 22.3 Å². The molecule has 4 heteroatoms. The molecule has 8 unspecified atom stereocenters. The van der Waals surface area contributed by atoms with Crippen LogP contribution in [-0.4, -0.2) is 6.71 Å². The van der Waals surface area contributed by atoms with Crippen molar-refractivity contribution in [2.24, 2.45) is 11.8 Å². The van der Waals surface area contributed by atoms with E-state index in [-0.39, 0.29) is 14.9 Å². The molecule has 2 saturated carbocycles. The predicted octanol–water partition coefficient (Wildman–Crippen LogP) is 12.6. The molecule has 0 bridgehead atoms. The van der Waals surface area contributed by atoms with Crippen LogP contribution in [0.1, 0.15) is 72.6 Å². The Balaban J connectivity index is 0.000000776. The molecule has 0 nitrogen and oxygen atoms in total. The Morgan fingerprint density at radius 2 is 0.792 bits per heavy atom. The summed E-state index contributed by atoms with van der Waals surface area (Å²) in [6, 6.07) is 49.2. The van der Waals surface area contributed by atoms with E-state index in [0.29, 0.717) is 53.9 Å². The summed E-state index contributed by atoms with van der Waals surface area (Å²) in [5.74, 6) is 4.75. The molecule has 0 spiro atoms. The van der Waals surface area contributed by atoms with Gasteiger partial charge in [0.15, 0.2) is 6.71 Å². The second-order valence-corrected chi connectivity index (χ2v) is 17.9. The van der Waals surface area contributed by atoms with E-state index < -0.39 is 20.8 Å². The maximum absolute atomic E-state index is 4.93. The van der Waals surface area contributed by atoms with Crippen molar-refractivity contribution in [2.75, 3.05) is 0 Å². The molecular formula is C44H45BCl2Zr. The SMILES string of the molecule is CC1CC2c3ccccc3-c3ccccc3C2C1B(c1ccccc1)C1C(C)CC2c3ccccc3-c3ccccc3C21.[CH3-].[CH3-].[Cl][Zr+2][Cl]. The second kappa shape index (κ2) is 14.9. The van der Waals surface area contributed by atoms with Crippen LogP contribution in [0.15, 0.2) is 127 Å². The van der Waals surface area contributed by atoms with Gasteiger partial charge in [-0.3, -0.25) is 0 Å². The van der Waals surface area contributed by atoms with Gasteiger partial charge in [0.1, 0.15) is 0 Å². The number of rotatable bonds is 3. The normalized spacial score (nSPS) is 26.6. The van der Waals surface area contributed by atoms with Gasteiger partial charge in [0, 0.05) is 0 Å². The number of halogens is 2. The molecule has 4 aliphatic rings. The van der Waals surface area contributed by atoms with Crippen LogP contribution in [0.5, 0.6) is 0 Å². The molecule has 9 rings (SSSR count). The van der Waals surface area contributed by atoms with E-state index in [1.165, 1.54) is 35.1 Å². The van der Waals surface area contributed by atoms with E-state index >= 15 is 0 Å². The van der Waals surface area contributed by atoms with E-state index in [1.54, 1.807) is 27.7 Å². The summed E-state index contributed by atoms with van der Waals surface area (Å²) in [5, 5.41) is 0. The number of hydrogen-bond acceptors (Lipinski definition) is 0. The Labute approximate surface area is 308 Å². The fourth-order valence-electron chi connectivity index (χ4n) is 10.9. The zero-order valence-corrected chi connectivity index (χ0v) is 32.5. The topological polar surface area (TPSA) is 0 Å². The van der Waals surface area contributed by atoms with Gasteiger partial charge in [0.2, 0.25) is 0 Å². The molecule has 0 aromatic heterocycles. The van der Waals surface area contributed by atoms with Crippen molar-refractivity contribution in [1.82, 2.24) is 0 Å². The van der Waals surface area contributed by atoms with E-state index in [4.69, 9.17) is 17.0 Å². The van der Waals surface area contributed by atoms with E-state index in [9.17, 15) is 0 Å². The van der Waals surface area contributed by atoms with Gasteiger partial charge in [0.25, 0.3) is 0 Å². The summed E-state index contributed by atoms with van der Waals surface area (Å²) < 4.78 is 0. The standard InChI is InChI=1S/C42H39B.2CH3.2ClH.Zr/c1-26-24-37-33-20-8-6-16-29(33)31-18-10-12-22-35(31)39(37)41(26)43(28-14-4-3-5-15-28)42-27(2)25-38-34-21-9-7-17-30(34)32-19-11-13-23-36(32)40(38)42;;;;;/h3-23,26-27,37-42H,24-25H2,1-2H3;2*1H3;2*1H;/q;2*-1;;;+4/p-2. The number of benzene rings is 5. The summed E-state index contributed by atoms with van der Waals surface area (Å²) in [4.78, 5) is 0. The van der Waals surface area contributed by atoms with Crippen LogP contribution in [0.2, 0.25) is 11.6 Å². The average Bonchev–Trinajstić information content (AvgIpc) is 3.63. The quantitative estimate of drug-likeness (QED) is 0.127. The summed E-state index contributed by atoms with van der Waals surface area (Å²) in [6.45, 7) is 5.68. The Hall–Kier alpha value is -2.37. The van der Waals surface area contributed by atoms with Gasteiger partial charge in [-0.15, -0.1) is 0 Å². The van der Waals surface area contributed by atoms with Crippen LogP contribution in [0.4, 0.5) is 0 Å². The zero-order valence-electron chi connectivity index (χ0n) is 28.5. The van der Waals surface area contributed by atoms with Crippen LogP contribution in [0.25, 0.3) is 22.3 Å². The third-order valence-electron chi connectivity index (χ3n) is 12.2. The predicted molar refractivity (Wildman–Crippen MR) is 206 cm³/mol. The van der Waals surface area contributed by atoms with Crippen molar-refractivity contribution >= 4 is 29.2 Å². The fraction of sp³-hybridized carbons (Fsp3) is 0.273. The minimum absolute atomic E-state index is 0. The first-order valence-electron chi connectivity index (χ1n) is 17.0. The van der Waals surface area contributed by atoms with Crippen LogP contribution in [0, 0.1) is 26.7 Å². The Kier molecular flexibility index (Phi) is 11.0. The van der Waals surface area contributed by atoms with Crippen LogP contribution < -0.4 is 5.46 Å². The molecule has 0 aliphatic heterocycles. The number of fused-ring (bicyclic) bond motifs is 12. The molecular weight excluding hydrogens is 701 g/mol. The van der Waals surface area contributed by atoms with E-state index in [2.05, 4.69) is 141 Å². The van der Waals surface area contributed by atoms with Gasteiger partial charge in [0.05, 0.1) is 0 Å². The van der Waals surface area contributed by atoms with Crippen LogP contribution >= 0.6 is 17.0 Å². The van der Waals surface area contributed by atoms with Crippen molar-refractivity contribution in [3.63, 3.8) is 0 Å². The van der Waals surface area contributed by atoms with Gasteiger partial charge < -0.3 is 14.9 Å². The van der Waals surface area contributed by atoms with Crippen molar-refractivity contribution < 1.29 is 20.8 Å². The molecule has 0 heterocycles. The van der Waals surface area contributed by atoms with Gasteiger partial charge in [-0.25, -0.2) is 0 Å². The third kappa shape index (κ3) is 5.73. The monoisotopic (exact) mass is 744 g/mol. The number of hydrogen-bond donors (Lipinski definition) is 0. The molecule has 2 fully saturated rings. The summed E-state index contributed by atoms with van der Waals surface area (Å²) in [6.07, 6.45) is 2.55. The molecule has 8 atom stereocenters. The van der Waals surface area contributed by atoms with Gasteiger partial charge in [-0.2, -0.15) is 0 Å². The molecule has 5 aromatic rings. The molecule has 0 radical (unpaired) electrons. The molecule has 4 aliphatic carbocycles. The molecule has 0 N–H and O–H groups in total. The second-order valence-electron chi connectivity index (χ2n) is 14.2. The van der Waals surface area contributed by atoms with E-state index in [0.717, 1.165) is 0 Å². The molecule has 0 amide bonds. The van der Waals surface area contributed by atoms with Crippen LogP contribution in [-0.2, 0) is 20.8 Å². The van der Waals surface area contributed by atoms with E-state index in [1.807, 2.05) is 0 Å².